The van der Waals surface area contributed by atoms with Gasteiger partial charge in [0.05, 0.1) is 25.3 Å². The number of hydrogen-bond donors (Lipinski definition) is 1. The number of aryl methyl sites for hydroxylation is 1. The molecule has 0 radical (unpaired) electrons. The number of benzene rings is 3. The van der Waals surface area contributed by atoms with Gasteiger partial charge in [-0.25, -0.2) is 4.79 Å². The number of aromatic hydroxyl groups is 1. The molecule has 1 saturated heterocycles. The van der Waals surface area contributed by atoms with Gasteiger partial charge in [-0.15, -0.1) is 0 Å². The highest BCUT2D eigenvalue weighted by Gasteiger charge is 2.22. The minimum absolute atomic E-state index is 0.139. The van der Waals surface area contributed by atoms with Crippen LogP contribution in [0.3, 0.4) is 0 Å². The Balaban J connectivity index is 1.40. The minimum atomic E-state index is -0.415. The van der Waals surface area contributed by atoms with Crippen LogP contribution >= 0.6 is 0 Å². The molecular weight excluding hydrogens is 456 g/mol. The van der Waals surface area contributed by atoms with Gasteiger partial charge in [0.25, 0.3) is 0 Å². The molecule has 36 heavy (non-hydrogen) atoms. The number of rotatable bonds is 6. The van der Waals surface area contributed by atoms with Crippen LogP contribution in [-0.4, -0.2) is 50.4 Å². The maximum Gasteiger partial charge on any atom is 0.344 e. The SMILES string of the molecule is COc1ccc(-c2c(C)c3ccc(O)c(CN4CCN(c5ccc(OC)cc5)CC4)c3oc2=O)cc1. The summed E-state index contributed by atoms with van der Waals surface area (Å²) in [6.45, 7) is 5.81. The zero-order chi connectivity index (χ0) is 25.2. The van der Waals surface area contributed by atoms with Crippen LogP contribution < -0.4 is 20.0 Å². The van der Waals surface area contributed by atoms with Crippen LogP contribution in [0.5, 0.6) is 17.2 Å². The molecule has 3 aromatic carbocycles. The van der Waals surface area contributed by atoms with Crippen LogP contribution in [0.1, 0.15) is 11.1 Å². The summed E-state index contributed by atoms with van der Waals surface area (Å²) in [5, 5.41) is 11.5. The fourth-order valence-corrected chi connectivity index (χ4v) is 4.89. The van der Waals surface area contributed by atoms with E-state index in [1.165, 1.54) is 0 Å². The van der Waals surface area contributed by atoms with Gasteiger partial charge in [-0.05, 0) is 66.6 Å². The van der Waals surface area contributed by atoms with Crippen molar-refractivity contribution in [2.45, 2.75) is 13.5 Å². The van der Waals surface area contributed by atoms with E-state index in [1.807, 2.05) is 49.4 Å². The molecule has 1 fully saturated rings. The third-order valence-electron chi connectivity index (χ3n) is 6.98. The van der Waals surface area contributed by atoms with E-state index in [0.717, 1.165) is 59.9 Å². The molecule has 0 aliphatic carbocycles. The number of phenols is 1. The Hall–Kier alpha value is -3.97. The molecule has 186 valence electrons. The number of anilines is 1. The summed E-state index contributed by atoms with van der Waals surface area (Å²) in [4.78, 5) is 17.7. The van der Waals surface area contributed by atoms with E-state index < -0.39 is 5.63 Å². The van der Waals surface area contributed by atoms with Gasteiger partial charge in [-0.1, -0.05) is 12.1 Å². The van der Waals surface area contributed by atoms with E-state index in [9.17, 15) is 9.90 Å². The molecule has 7 nitrogen and oxygen atoms in total. The summed E-state index contributed by atoms with van der Waals surface area (Å²) < 4.78 is 16.3. The van der Waals surface area contributed by atoms with Crippen molar-refractivity contribution in [1.82, 2.24) is 4.90 Å². The van der Waals surface area contributed by atoms with E-state index >= 15 is 0 Å². The lowest BCUT2D eigenvalue weighted by Crippen LogP contribution is -2.46. The van der Waals surface area contributed by atoms with Crippen LogP contribution in [0.2, 0.25) is 0 Å². The fraction of sp³-hybridized carbons (Fsp3) is 0.276. The van der Waals surface area contributed by atoms with Gasteiger partial charge in [0, 0.05) is 43.8 Å². The molecule has 0 saturated carbocycles. The second-order valence-electron chi connectivity index (χ2n) is 9.02. The van der Waals surface area contributed by atoms with Crippen molar-refractivity contribution in [3.8, 4) is 28.4 Å². The van der Waals surface area contributed by atoms with Crippen LogP contribution in [0.4, 0.5) is 5.69 Å². The van der Waals surface area contributed by atoms with Gasteiger partial charge in [0.15, 0.2) is 0 Å². The number of nitrogens with zero attached hydrogens (tertiary/aromatic N) is 2. The molecule has 0 unspecified atom stereocenters. The van der Waals surface area contributed by atoms with E-state index in [-0.39, 0.29) is 5.75 Å². The quantitative estimate of drug-likeness (QED) is 0.392. The number of phenolic OH excluding ortho intramolecular Hbond substituents is 1. The summed E-state index contributed by atoms with van der Waals surface area (Å²) in [5.41, 5.74) is 3.97. The standard InChI is InChI=1S/C29H30N2O5/c1-19-24-12-13-26(32)25(28(24)36-29(33)27(19)20-4-8-22(34-2)9-5-20)18-30-14-16-31(17-15-30)21-6-10-23(35-3)11-7-21/h4-13,32H,14-18H2,1-3H3. The lowest BCUT2D eigenvalue weighted by Gasteiger charge is -2.36. The second-order valence-corrected chi connectivity index (χ2v) is 9.02. The minimum Gasteiger partial charge on any atom is -0.507 e. The Bertz CT molecular complexity index is 1420. The first-order valence-corrected chi connectivity index (χ1v) is 12.0. The van der Waals surface area contributed by atoms with Crippen LogP contribution in [0, 0.1) is 6.92 Å². The van der Waals surface area contributed by atoms with E-state index in [4.69, 9.17) is 13.9 Å². The normalized spacial score (nSPS) is 14.2. The van der Waals surface area contributed by atoms with Crippen molar-refractivity contribution in [1.29, 1.82) is 0 Å². The number of methoxy groups -OCH3 is 2. The predicted octanol–water partition coefficient (Wildman–Crippen LogP) is 4.81. The number of fused-ring (bicyclic) bond motifs is 1. The molecule has 5 rings (SSSR count). The smallest absolute Gasteiger partial charge is 0.344 e. The molecule has 1 aromatic heterocycles. The zero-order valence-electron chi connectivity index (χ0n) is 20.8. The molecule has 0 bridgehead atoms. The van der Waals surface area contributed by atoms with Crippen molar-refractivity contribution in [3.63, 3.8) is 0 Å². The molecule has 7 heteroatoms. The Labute approximate surface area is 210 Å². The third-order valence-corrected chi connectivity index (χ3v) is 6.98. The van der Waals surface area contributed by atoms with Crippen molar-refractivity contribution in [2.24, 2.45) is 0 Å². The van der Waals surface area contributed by atoms with Gasteiger partial charge in [-0.2, -0.15) is 0 Å². The lowest BCUT2D eigenvalue weighted by atomic mass is 9.97. The average molecular weight is 487 g/mol. The second kappa shape index (κ2) is 9.95. The molecule has 4 aromatic rings. The van der Waals surface area contributed by atoms with E-state index in [1.54, 1.807) is 20.3 Å². The highest BCUT2D eigenvalue weighted by atomic mass is 16.5. The van der Waals surface area contributed by atoms with E-state index in [0.29, 0.717) is 23.3 Å². The van der Waals surface area contributed by atoms with Crippen molar-refractivity contribution >= 4 is 16.7 Å². The highest BCUT2D eigenvalue weighted by molar-refractivity contribution is 5.90. The first-order valence-electron chi connectivity index (χ1n) is 12.0. The fourth-order valence-electron chi connectivity index (χ4n) is 4.89. The summed E-state index contributed by atoms with van der Waals surface area (Å²) in [6.07, 6.45) is 0. The molecule has 1 N–H and O–H groups in total. The lowest BCUT2D eigenvalue weighted by molar-refractivity contribution is 0.246. The maximum absolute atomic E-state index is 13.1. The van der Waals surface area contributed by atoms with Gasteiger partial charge < -0.3 is 23.9 Å². The zero-order valence-corrected chi connectivity index (χ0v) is 20.8. The summed E-state index contributed by atoms with van der Waals surface area (Å²) in [6, 6.07) is 19.0. The van der Waals surface area contributed by atoms with Gasteiger partial charge in [-0.3, -0.25) is 4.90 Å². The first-order chi connectivity index (χ1) is 17.5. The predicted molar refractivity (Wildman–Crippen MR) is 141 cm³/mol. The number of ether oxygens (including phenoxy) is 2. The van der Waals surface area contributed by atoms with Crippen molar-refractivity contribution in [3.05, 3.63) is 82.2 Å². The van der Waals surface area contributed by atoms with Crippen LogP contribution in [0.25, 0.3) is 22.1 Å². The maximum atomic E-state index is 13.1. The number of piperazine rings is 1. The summed E-state index contributed by atoms with van der Waals surface area (Å²) in [7, 11) is 3.28. The third kappa shape index (κ3) is 4.50. The van der Waals surface area contributed by atoms with Crippen molar-refractivity contribution < 1.29 is 19.0 Å². The van der Waals surface area contributed by atoms with Gasteiger partial charge in [0.1, 0.15) is 22.8 Å². The average Bonchev–Trinajstić information content (AvgIpc) is 2.91. The summed E-state index contributed by atoms with van der Waals surface area (Å²) in [5.74, 6) is 1.71. The highest BCUT2D eigenvalue weighted by Crippen LogP contribution is 2.34. The Morgan fingerprint density at radius 3 is 2.08 bits per heavy atom. The largest absolute Gasteiger partial charge is 0.507 e. The van der Waals surface area contributed by atoms with Crippen LogP contribution in [0.15, 0.2) is 69.9 Å². The Morgan fingerprint density at radius 1 is 0.861 bits per heavy atom. The Morgan fingerprint density at radius 2 is 1.47 bits per heavy atom. The van der Waals surface area contributed by atoms with Gasteiger partial charge >= 0.3 is 5.63 Å². The molecule has 0 spiro atoms. The first kappa shape index (κ1) is 23.8. The summed E-state index contributed by atoms with van der Waals surface area (Å²) >= 11 is 0. The topological polar surface area (TPSA) is 75.4 Å². The molecule has 0 amide bonds. The molecular formula is C29H30N2O5. The molecule has 1 aliphatic rings. The molecule has 2 heterocycles. The van der Waals surface area contributed by atoms with Gasteiger partial charge in [0.2, 0.25) is 0 Å². The molecule has 0 atom stereocenters. The number of hydrogen-bond acceptors (Lipinski definition) is 7. The molecule has 1 aliphatic heterocycles. The van der Waals surface area contributed by atoms with Crippen LogP contribution in [-0.2, 0) is 6.54 Å². The Kier molecular flexibility index (Phi) is 6.57. The van der Waals surface area contributed by atoms with Crippen molar-refractivity contribution in [2.75, 3.05) is 45.3 Å². The van der Waals surface area contributed by atoms with E-state index in [2.05, 4.69) is 21.9 Å². The monoisotopic (exact) mass is 486 g/mol.